The van der Waals surface area contributed by atoms with E-state index in [4.69, 9.17) is 4.74 Å². The van der Waals surface area contributed by atoms with E-state index in [1.54, 1.807) is 54.5 Å². The van der Waals surface area contributed by atoms with Gasteiger partial charge in [0.05, 0.1) is 31.2 Å². The molecule has 2 atom stereocenters. The van der Waals surface area contributed by atoms with E-state index in [2.05, 4.69) is 0 Å². The third kappa shape index (κ3) is 4.00. The lowest BCUT2D eigenvalue weighted by Crippen LogP contribution is -2.62. The highest BCUT2D eigenvalue weighted by Gasteiger charge is 2.49. The van der Waals surface area contributed by atoms with E-state index in [0.29, 0.717) is 30.0 Å². The first-order chi connectivity index (χ1) is 13.9. The Morgan fingerprint density at radius 2 is 1.76 bits per heavy atom. The largest absolute Gasteiger partial charge is 0.497 e. The van der Waals surface area contributed by atoms with E-state index in [1.165, 1.54) is 6.07 Å². The summed E-state index contributed by atoms with van der Waals surface area (Å²) in [4.78, 5) is 16.5. The molecule has 0 aromatic heterocycles. The second-order valence-corrected chi connectivity index (χ2v) is 9.64. The van der Waals surface area contributed by atoms with Crippen molar-refractivity contribution in [3.05, 3.63) is 59.9 Å². The molecule has 2 fully saturated rings. The Morgan fingerprint density at radius 3 is 2.45 bits per heavy atom. The minimum absolute atomic E-state index is 0.00880. The third-order valence-electron chi connectivity index (χ3n) is 5.68. The molecule has 0 radical (unpaired) electrons. The Bertz CT molecular complexity index is 1010. The normalized spacial score (nSPS) is 23.8. The molecule has 4 rings (SSSR count). The number of methoxy groups -OCH3 is 1. The van der Waals surface area contributed by atoms with Gasteiger partial charge in [-0.1, -0.05) is 18.2 Å². The number of carbonyl (C=O) groups is 1. The fraction of sp³-hybridized carbons (Fsp3) is 0.381. The van der Waals surface area contributed by atoms with Crippen LogP contribution in [0, 0.1) is 5.82 Å². The van der Waals surface area contributed by atoms with Crippen LogP contribution in [0.2, 0.25) is 0 Å². The van der Waals surface area contributed by atoms with Crippen molar-refractivity contribution in [3.63, 3.8) is 0 Å². The second-order valence-electron chi connectivity index (χ2n) is 7.49. The minimum Gasteiger partial charge on any atom is -0.497 e. The van der Waals surface area contributed by atoms with Gasteiger partial charge in [-0.05, 0) is 42.3 Å². The number of nitrogens with zero attached hydrogens (tertiary/aromatic N) is 2. The number of hydrogen-bond donors (Lipinski definition) is 0. The maximum absolute atomic E-state index is 14.0. The summed E-state index contributed by atoms with van der Waals surface area (Å²) in [6.45, 7) is 0.539. The van der Waals surface area contributed by atoms with E-state index in [-0.39, 0.29) is 35.8 Å². The highest BCUT2D eigenvalue weighted by Crippen LogP contribution is 2.32. The van der Waals surface area contributed by atoms with Crippen molar-refractivity contribution in [1.29, 1.82) is 0 Å². The molecular weight excluding hydrogens is 395 g/mol. The van der Waals surface area contributed by atoms with Gasteiger partial charge in [-0.25, -0.2) is 12.8 Å². The molecule has 0 saturated carbocycles. The first-order valence-electron chi connectivity index (χ1n) is 9.52. The van der Waals surface area contributed by atoms with Crippen molar-refractivity contribution in [1.82, 2.24) is 4.90 Å². The Labute approximate surface area is 169 Å². The van der Waals surface area contributed by atoms with Crippen LogP contribution in [0.25, 0.3) is 0 Å². The Balaban J connectivity index is 1.58. The Morgan fingerprint density at radius 1 is 1.07 bits per heavy atom. The average molecular weight is 418 g/mol. The monoisotopic (exact) mass is 418 g/mol. The van der Waals surface area contributed by atoms with Crippen LogP contribution in [-0.4, -0.2) is 63.0 Å². The van der Waals surface area contributed by atoms with Crippen LogP contribution in [0.4, 0.5) is 10.1 Å². The van der Waals surface area contributed by atoms with Crippen LogP contribution in [0.3, 0.4) is 0 Å². The zero-order chi connectivity index (χ0) is 20.6. The zero-order valence-corrected chi connectivity index (χ0v) is 16.9. The minimum atomic E-state index is -3.26. The summed E-state index contributed by atoms with van der Waals surface area (Å²) < 4.78 is 43.9. The molecule has 29 heavy (non-hydrogen) atoms. The van der Waals surface area contributed by atoms with Crippen LogP contribution in [0.5, 0.6) is 5.75 Å². The van der Waals surface area contributed by atoms with Crippen LogP contribution in [0.15, 0.2) is 48.5 Å². The zero-order valence-electron chi connectivity index (χ0n) is 16.1. The number of benzene rings is 2. The molecular formula is C21H23FN2O4S. The molecule has 0 unspecified atom stereocenters. The van der Waals surface area contributed by atoms with Gasteiger partial charge in [-0.2, -0.15) is 0 Å². The lowest BCUT2D eigenvalue weighted by Gasteiger charge is -2.43. The molecule has 0 spiro atoms. The molecule has 2 aliphatic heterocycles. The summed E-state index contributed by atoms with van der Waals surface area (Å²) >= 11 is 0. The summed E-state index contributed by atoms with van der Waals surface area (Å²) in [5.74, 6) is 0.175. The van der Waals surface area contributed by atoms with Crippen molar-refractivity contribution >= 4 is 21.4 Å². The molecule has 2 aromatic rings. The number of halogens is 1. The van der Waals surface area contributed by atoms with Gasteiger partial charge in [0.15, 0.2) is 9.84 Å². The number of piperazine rings is 1. The highest BCUT2D eigenvalue weighted by molar-refractivity contribution is 7.91. The van der Waals surface area contributed by atoms with Gasteiger partial charge in [0.2, 0.25) is 5.91 Å². The van der Waals surface area contributed by atoms with Gasteiger partial charge < -0.3 is 9.64 Å². The van der Waals surface area contributed by atoms with Gasteiger partial charge in [-0.15, -0.1) is 0 Å². The number of amides is 1. The maximum atomic E-state index is 14.0. The quantitative estimate of drug-likeness (QED) is 0.742. The molecule has 0 aliphatic carbocycles. The van der Waals surface area contributed by atoms with Gasteiger partial charge in [0.1, 0.15) is 11.6 Å². The molecule has 1 amide bonds. The van der Waals surface area contributed by atoms with E-state index >= 15 is 0 Å². The molecule has 2 aliphatic rings. The van der Waals surface area contributed by atoms with E-state index in [1.807, 2.05) is 4.90 Å². The molecule has 0 bridgehead atoms. The van der Waals surface area contributed by atoms with Crippen LogP contribution >= 0.6 is 0 Å². The van der Waals surface area contributed by atoms with Crippen molar-refractivity contribution in [3.8, 4) is 5.75 Å². The van der Waals surface area contributed by atoms with E-state index in [9.17, 15) is 17.6 Å². The van der Waals surface area contributed by atoms with Crippen LogP contribution in [0.1, 0.15) is 5.56 Å². The molecule has 2 saturated heterocycles. The number of anilines is 1. The SMILES string of the molecule is COc1ccc(N2C(=O)CN(CCc3ccccc3F)[C@H]3CS(=O)(=O)C[C@H]32)cc1. The van der Waals surface area contributed by atoms with Gasteiger partial charge in [0, 0.05) is 18.3 Å². The smallest absolute Gasteiger partial charge is 0.241 e. The fourth-order valence-corrected chi connectivity index (χ4v) is 6.23. The highest BCUT2D eigenvalue weighted by atomic mass is 32.2. The number of carbonyl (C=O) groups excluding carboxylic acids is 1. The van der Waals surface area contributed by atoms with Crippen molar-refractivity contribution in [2.45, 2.75) is 18.5 Å². The number of rotatable bonds is 5. The molecule has 154 valence electrons. The summed E-state index contributed by atoms with van der Waals surface area (Å²) in [5, 5.41) is 0. The summed E-state index contributed by atoms with van der Waals surface area (Å²) in [5.41, 5.74) is 1.23. The standard InChI is InChI=1S/C21H23FN2O4S/c1-28-17-8-6-16(7-9-17)24-20-14-29(26,27)13-19(20)23(12-21(24)25)11-10-15-4-2-3-5-18(15)22/h2-9,19-20H,10-14H2,1H3/t19-,20+/m0/s1. The van der Waals surface area contributed by atoms with Crippen LogP contribution in [-0.2, 0) is 21.1 Å². The van der Waals surface area contributed by atoms with Gasteiger partial charge in [-0.3, -0.25) is 9.69 Å². The maximum Gasteiger partial charge on any atom is 0.241 e. The number of hydrogen-bond acceptors (Lipinski definition) is 5. The first-order valence-corrected chi connectivity index (χ1v) is 11.3. The molecule has 8 heteroatoms. The van der Waals surface area contributed by atoms with Gasteiger partial charge >= 0.3 is 0 Å². The van der Waals surface area contributed by atoms with Gasteiger partial charge in [0.25, 0.3) is 0 Å². The predicted molar refractivity (Wildman–Crippen MR) is 108 cm³/mol. The summed E-state index contributed by atoms with van der Waals surface area (Å²) in [7, 11) is -1.70. The topological polar surface area (TPSA) is 66.9 Å². The number of sulfone groups is 1. The van der Waals surface area contributed by atoms with E-state index < -0.39 is 15.9 Å². The predicted octanol–water partition coefficient (Wildman–Crippen LogP) is 1.89. The van der Waals surface area contributed by atoms with Crippen molar-refractivity contribution in [2.24, 2.45) is 0 Å². The third-order valence-corrected chi connectivity index (χ3v) is 7.38. The molecule has 6 nitrogen and oxygen atoms in total. The first kappa shape index (κ1) is 19.8. The lowest BCUT2D eigenvalue weighted by molar-refractivity contribution is -0.123. The summed E-state index contributed by atoms with van der Waals surface area (Å²) in [6, 6.07) is 12.8. The Hall–Kier alpha value is -2.45. The molecule has 2 heterocycles. The van der Waals surface area contributed by atoms with E-state index in [0.717, 1.165) is 0 Å². The number of ether oxygens (including phenoxy) is 1. The van der Waals surface area contributed by atoms with Crippen molar-refractivity contribution in [2.75, 3.05) is 36.6 Å². The second kappa shape index (κ2) is 7.76. The van der Waals surface area contributed by atoms with Crippen LogP contribution < -0.4 is 9.64 Å². The summed E-state index contributed by atoms with van der Waals surface area (Å²) in [6.07, 6.45) is 0.422. The van der Waals surface area contributed by atoms with Crippen molar-refractivity contribution < 1.29 is 22.3 Å². The average Bonchev–Trinajstić information content (AvgIpc) is 3.02. The lowest BCUT2D eigenvalue weighted by atomic mass is 10.0. The molecule has 2 aromatic carbocycles. The fourth-order valence-electron chi connectivity index (χ4n) is 4.25. The number of fused-ring (bicyclic) bond motifs is 1. The molecule has 0 N–H and O–H groups in total. The Kier molecular flexibility index (Phi) is 5.31.